The number of hydrogen-bond donors (Lipinski definition) is 3. The highest BCUT2D eigenvalue weighted by Crippen LogP contribution is 2.22. The van der Waals surface area contributed by atoms with Crippen LogP contribution in [0.1, 0.15) is 11.1 Å². The highest BCUT2D eigenvalue weighted by atomic mass is 127. The van der Waals surface area contributed by atoms with E-state index in [1.54, 1.807) is 18.3 Å². The molecule has 4 aromatic rings. The first-order valence-corrected chi connectivity index (χ1v) is 11.2. The maximum atomic E-state index is 10.9. The van der Waals surface area contributed by atoms with Gasteiger partial charge in [0.05, 0.1) is 11.1 Å². The Hall–Kier alpha value is -4.13. The summed E-state index contributed by atoms with van der Waals surface area (Å²) in [4.78, 5) is 23.6. The molecule has 170 valence electrons. The summed E-state index contributed by atoms with van der Waals surface area (Å²) >= 11 is 2.24. The Labute approximate surface area is 208 Å². The number of rotatable bonds is 8. The van der Waals surface area contributed by atoms with Crippen LogP contribution >= 0.6 is 22.6 Å². The molecule has 0 aliphatic heterocycles. The Morgan fingerprint density at radius 3 is 2.21 bits per heavy atom. The van der Waals surface area contributed by atoms with Crippen LogP contribution in [0.5, 0.6) is 0 Å². The topological polar surface area (TPSA) is 130 Å². The lowest BCUT2D eigenvalue weighted by Gasteiger charge is -2.11. The Kier molecular flexibility index (Phi) is 7.22. The fraction of sp³-hybridized carbons (Fsp3) is 0.0435. The highest BCUT2D eigenvalue weighted by molar-refractivity contribution is 14.1. The number of hydrogen-bond acceptors (Lipinski definition) is 9. The lowest BCUT2D eigenvalue weighted by atomic mass is 10.2. The monoisotopic (exact) mass is 566 g/mol. The van der Waals surface area contributed by atoms with Gasteiger partial charge < -0.3 is 10.6 Å². The van der Waals surface area contributed by atoms with E-state index in [1.165, 1.54) is 12.1 Å². The molecule has 0 amide bonds. The molecule has 0 bridgehead atoms. The molecule has 0 aliphatic rings. The average molecular weight is 566 g/mol. The molecule has 11 heteroatoms. The van der Waals surface area contributed by atoms with Crippen molar-refractivity contribution in [2.45, 2.75) is 6.92 Å². The van der Waals surface area contributed by atoms with E-state index in [0.29, 0.717) is 11.6 Å². The molecular weight excluding hydrogens is 547 g/mol. The van der Waals surface area contributed by atoms with Gasteiger partial charge in [0.25, 0.3) is 5.69 Å². The van der Waals surface area contributed by atoms with Crippen LogP contribution in [0.25, 0.3) is 0 Å². The van der Waals surface area contributed by atoms with Crippen LogP contribution in [-0.4, -0.2) is 26.1 Å². The summed E-state index contributed by atoms with van der Waals surface area (Å²) in [6.07, 6.45) is 1.66. The van der Waals surface area contributed by atoms with Gasteiger partial charge in [0, 0.05) is 27.1 Å². The number of para-hydroxylation sites is 1. The zero-order valence-electron chi connectivity index (χ0n) is 17.9. The fourth-order valence-electron chi connectivity index (χ4n) is 2.88. The Bertz CT molecular complexity index is 1330. The largest absolute Gasteiger partial charge is 0.324 e. The number of nitro groups is 1. The van der Waals surface area contributed by atoms with Gasteiger partial charge in [0.2, 0.25) is 17.8 Å². The fourth-order valence-corrected chi connectivity index (χ4v) is 3.24. The average Bonchev–Trinajstić information content (AvgIpc) is 2.82. The van der Waals surface area contributed by atoms with Crippen LogP contribution in [0.3, 0.4) is 0 Å². The van der Waals surface area contributed by atoms with Crippen molar-refractivity contribution in [3.63, 3.8) is 0 Å². The van der Waals surface area contributed by atoms with E-state index in [4.69, 9.17) is 0 Å². The molecule has 0 unspecified atom stereocenters. The van der Waals surface area contributed by atoms with Gasteiger partial charge in [-0.05, 0) is 71.0 Å². The third-order valence-electron chi connectivity index (χ3n) is 4.61. The molecule has 3 aromatic carbocycles. The Balaban J connectivity index is 1.59. The van der Waals surface area contributed by atoms with Crippen LogP contribution in [0.2, 0.25) is 0 Å². The molecule has 10 nitrogen and oxygen atoms in total. The second-order valence-electron chi connectivity index (χ2n) is 7.10. The van der Waals surface area contributed by atoms with Crippen LogP contribution in [-0.2, 0) is 0 Å². The third-order valence-corrected chi connectivity index (χ3v) is 5.33. The molecule has 34 heavy (non-hydrogen) atoms. The molecule has 0 saturated carbocycles. The van der Waals surface area contributed by atoms with Crippen molar-refractivity contribution in [1.82, 2.24) is 15.0 Å². The van der Waals surface area contributed by atoms with Crippen molar-refractivity contribution in [1.29, 1.82) is 0 Å². The van der Waals surface area contributed by atoms with Crippen LogP contribution in [0.4, 0.5) is 34.9 Å². The molecule has 1 heterocycles. The predicted octanol–water partition coefficient (Wildman–Crippen LogP) is 5.63. The van der Waals surface area contributed by atoms with E-state index in [-0.39, 0.29) is 17.6 Å². The van der Waals surface area contributed by atoms with E-state index in [0.717, 1.165) is 20.4 Å². The van der Waals surface area contributed by atoms with Gasteiger partial charge in [0.1, 0.15) is 0 Å². The van der Waals surface area contributed by atoms with E-state index >= 15 is 0 Å². The first-order valence-electron chi connectivity index (χ1n) is 10.1. The zero-order valence-corrected chi connectivity index (χ0v) is 20.1. The number of nitrogens with one attached hydrogen (secondary N) is 3. The van der Waals surface area contributed by atoms with Gasteiger partial charge in [-0.3, -0.25) is 10.1 Å². The number of hydrazone groups is 1. The summed E-state index contributed by atoms with van der Waals surface area (Å²) in [5.41, 5.74) is 6.22. The minimum Gasteiger partial charge on any atom is -0.324 e. The Morgan fingerprint density at radius 1 is 0.882 bits per heavy atom. The van der Waals surface area contributed by atoms with Gasteiger partial charge >= 0.3 is 0 Å². The Morgan fingerprint density at radius 2 is 1.53 bits per heavy atom. The normalized spacial score (nSPS) is 10.8. The van der Waals surface area contributed by atoms with Crippen molar-refractivity contribution < 1.29 is 4.92 Å². The standard InChI is InChI=1S/C23H19IN8O2/c1-15-4-2-3-5-20(15)27-22-28-21(26-18-10-12-19(13-11-18)32(33)34)29-23(30-22)31-25-14-16-6-8-17(24)9-7-16/h2-14H,1H3,(H3,26,27,28,29,30,31)/b25-14-. The summed E-state index contributed by atoms with van der Waals surface area (Å²) in [7, 11) is 0. The molecule has 0 atom stereocenters. The second kappa shape index (κ2) is 10.7. The van der Waals surface area contributed by atoms with E-state index < -0.39 is 4.92 Å². The molecule has 1 aromatic heterocycles. The van der Waals surface area contributed by atoms with Gasteiger partial charge in [-0.25, -0.2) is 5.43 Å². The second-order valence-corrected chi connectivity index (χ2v) is 8.34. The summed E-state index contributed by atoms with van der Waals surface area (Å²) in [6.45, 7) is 1.98. The van der Waals surface area contributed by atoms with Crippen molar-refractivity contribution in [2.75, 3.05) is 16.1 Å². The number of non-ortho nitro benzene ring substituents is 1. The zero-order chi connectivity index (χ0) is 23.9. The molecule has 0 radical (unpaired) electrons. The first kappa shape index (κ1) is 23.0. The predicted molar refractivity (Wildman–Crippen MR) is 141 cm³/mol. The summed E-state index contributed by atoms with van der Waals surface area (Å²) in [6, 6.07) is 21.6. The quantitative estimate of drug-likeness (QED) is 0.108. The number of aromatic nitrogens is 3. The first-order chi connectivity index (χ1) is 16.5. The summed E-state index contributed by atoms with van der Waals surface area (Å²) in [5, 5.41) is 21.4. The van der Waals surface area contributed by atoms with Crippen LogP contribution < -0.4 is 16.1 Å². The summed E-state index contributed by atoms with van der Waals surface area (Å²) < 4.78 is 1.13. The molecule has 4 rings (SSSR count). The van der Waals surface area contributed by atoms with E-state index in [2.05, 4.69) is 58.7 Å². The number of benzene rings is 3. The summed E-state index contributed by atoms with van der Waals surface area (Å²) in [5.74, 6) is 0.768. The van der Waals surface area contributed by atoms with E-state index in [9.17, 15) is 10.1 Å². The van der Waals surface area contributed by atoms with Crippen LogP contribution in [0.15, 0.2) is 77.9 Å². The van der Waals surface area contributed by atoms with Crippen molar-refractivity contribution >= 4 is 63.7 Å². The van der Waals surface area contributed by atoms with Crippen LogP contribution in [0, 0.1) is 20.6 Å². The maximum absolute atomic E-state index is 10.9. The molecular formula is C23H19IN8O2. The van der Waals surface area contributed by atoms with Crippen molar-refractivity contribution in [2.24, 2.45) is 5.10 Å². The van der Waals surface area contributed by atoms with Gasteiger partial charge in [-0.2, -0.15) is 20.1 Å². The third kappa shape index (κ3) is 6.22. The van der Waals surface area contributed by atoms with Gasteiger partial charge in [-0.1, -0.05) is 30.3 Å². The molecule has 0 aliphatic carbocycles. The molecule has 0 fully saturated rings. The smallest absolute Gasteiger partial charge is 0.269 e. The molecule has 3 N–H and O–H groups in total. The number of aryl methyl sites for hydroxylation is 1. The SMILES string of the molecule is Cc1ccccc1Nc1nc(N/N=C\c2ccc(I)cc2)nc(Nc2ccc([N+](=O)[O-])cc2)n1. The molecule has 0 spiro atoms. The van der Waals surface area contributed by atoms with Gasteiger partial charge in [0.15, 0.2) is 0 Å². The van der Waals surface area contributed by atoms with Crippen molar-refractivity contribution in [3.8, 4) is 0 Å². The van der Waals surface area contributed by atoms with Gasteiger partial charge in [-0.15, -0.1) is 0 Å². The van der Waals surface area contributed by atoms with E-state index in [1.807, 2.05) is 55.5 Å². The highest BCUT2D eigenvalue weighted by Gasteiger charge is 2.10. The minimum absolute atomic E-state index is 0.00426. The lowest BCUT2D eigenvalue weighted by molar-refractivity contribution is -0.384. The number of nitro benzene ring substituents is 1. The lowest BCUT2D eigenvalue weighted by Crippen LogP contribution is -2.07. The number of halogens is 1. The maximum Gasteiger partial charge on any atom is 0.269 e. The number of nitrogens with zero attached hydrogens (tertiary/aromatic N) is 5. The molecule has 0 saturated heterocycles. The number of anilines is 5. The van der Waals surface area contributed by atoms with Crippen molar-refractivity contribution in [3.05, 3.63) is 97.6 Å². The minimum atomic E-state index is -0.454.